The van der Waals surface area contributed by atoms with Gasteiger partial charge >= 0.3 is 0 Å². The maximum atomic E-state index is 13.5. The lowest BCUT2D eigenvalue weighted by Gasteiger charge is -2.15. The van der Waals surface area contributed by atoms with E-state index in [0.29, 0.717) is 22.5 Å². The van der Waals surface area contributed by atoms with E-state index >= 15 is 0 Å². The molecule has 1 fully saturated rings. The molecule has 4 heteroatoms. The molecule has 0 atom stereocenters. The Morgan fingerprint density at radius 1 is 1.30 bits per heavy atom. The van der Waals surface area contributed by atoms with Crippen LogP contribution >= 0.6 is 15.9 Å². The van der Waals surface area contributed by atoms with Crippen molar-refractivity contribution in [2.75, 3.05) is 5.32 Å². The number of amides is 1. The van der Waals surface area contributed by atoms with E-state index in [0.717, 1.165) is 18.4 Å². The summed E-state index contributed by atoms with van der Waals surface area (Å²) < 4.78 is 14.0. The molecule has 1 saturated carbocycles. The van der Waals surface area contributed by atoms with Crippen molar-refractivity contribution in [3.8, 4) is 0 Å². The molecule has 1 aromatic rings. The zero-order chi connectivity index (χ0) is 14.5. The summed E-state index contributed by atoms with van der Waals surface area (Å²) in [5, 5.41) is 2.85. The molecule has 0 bridgehead atoms. The molecule has 0 saturated heterocycles. The van der Waals surface area contributed by atoms with Crippen molar-refractivity contribution in [3.63, 3.8) is 0 Å². The average Bonchev–Trinajstić information content (AvgIpc) is 2.64. The Labute approximate surface area is 128 Å². The average molecular weight is 342 g/mol. The quantitative estimate of drug-likeness (QED) is 0.752. The largest absolute Gasteiger partial charge is 0.326 e. The van der Waals surface area contributed by atoms with Gasteiger partial charge in [-0.2, -0.15) is 0 Å². The highest BCUT2D eigenvalue weighted by Gasteiger charge is 2.17. The van der Waals surface area contributed by atoms with Gasteiger partial charge in [-0.05, 0) is 59.3 Å². The third kappa shape index (κ3) is 4.30. The van der Waals surface area contributed by atoms with E-state index in [9.17, 15) is 9.18 Å². The third-order valence-corrected chi connectivity index (χ3v) is 4.60. The molecule has 0 aromatic heterocycles. The summed E-state index contributed by atoms with van der Waals surface area (Å²) in [4.78, 5) is 12.1. The Morgan fingerprint density at radius 2 is 1.95 bits per heavy atom. The SMILES string of the molecule is Cc1cc(Br)c(F)cc1NC(=O)CC1CCCCCC1. The summed E-state index contributed by atoms with van der Waals surface area (Å²) in [5.74, 6) is 0.139. The lowest BCUT2D eigenvalue weighted by atomic mass is 9.96. The topological polar surface area (TPSA) is 29.1 Å². The predicted molar refractivity (Wildman–Crippen MR) is 83.3 cm³/mol. The Balaban J connectivity index is 1.95. The van der Waals surface area contributed by atoms with Gasteiger partial charge in [0.05, 0.1) is 4.47 Å². The zero-order valence-corrected chi connectivity index (χ0v) is 13.4. The smallest absolute Gasteiger partial charge is 0.224 e. The van der Waals surface area contributed by atoms with Crippen LogP contribution in [0.1, 0.15) is 50.5 Å². The van der Waals surface area contributed by atoms with Gasteiger partial charge in [0.1, 0.15) is 5.82 Å². The number of nitrogens with one attached hydrogen (secondary N) is 1. The van der Waals surface area contributed by atoms with Crippen LogP contribution in [0.15, 0.2) is 16.6 Å². The first-order valence-electron chi connectivity index (χ1n) is 7.32. The molecule has 1 aliphatic rings. The van der Waals surface area contributed by atoms with Gasteiger partial charge in [-0.3, -0.25) is 4.79 Å². The molecule has 20 heavy (non-hydrogen) atoms. The Bertz CT molecular complexity index is 482. The highest BCUT2D eigenvalue weighted by atomic mass is 79.9. The molecule has 0 spiro atoms. The number of hydrogen-bond acceptors (Lipinski definition) is 1. The molecule has 0 aliphatic heterocycles. The molecule has 110 valence electrons. The first-order valence-corrected chi connectivity index (χ1v) is 8.11. The van der Waals surface area contributed by atoms with Crippen molar-refractivity contribution in [2.24, 2.45) is 5.92 Å². The Hall–Kier alpha value is -0.900. The van der Waals surface area contributed by atoms with Crippen LogP contribution in [0.25, 0.3) is 0 Å². The van der Waals surface area contributed by atoms with Gasteiger partial charge in [0.15, 0.2) is 0 Å². The van der Waals surface area contributed by atoms with Crippen LogP contribution in [0.2, 0.25) is 0 Å². The molecular weight excluding hydrogens is 321 g/mol. The van der Waals surface area contributed by atoms with Crippen LogP contribution in [0.4, 0.5) is 10.1 Å². The Kier molecular flexibility index (Phi) is 5.58. The highest BCUT2D eigenvalue weighted by molar-refractivity contribution is 9.10. The van der Waals surface area contributed by atoms with Gasteiger partial charge in [-0.25, -0.2) is 4.39 Å². The van der Waals surface area contributed by atoms with Gasteiger partial charge in [0.2, 0.25) is 5.91 Å². The van der Waals surface area contributed by atoms with Crippen LogP contribution in [0.5, 0.6) is 0 Å². The second-order valence-corrected chi connectivity index (χ2v) is 6.55. The minimum absolute atomic E-state index is 0.00159. The van der Waals surface area contributed by atoms with Gasteiger partial charge in [-0.1, -0.05) is 25.7 Å². The number of carbonyl (C=O) groups is 1. The van der Waals surface area contributed by atoms with Crippen molar-refractivity contribution in [1.82, 2.24) is 0 Å². The van der Waals surface area contributed by atoms with E-state index in [1.54, 1.807) is 6.07 Å². The summed E-state index contributed by atoms with van der Waals surface area (Å²) in [6.07, 6.45) is 7.86. The fourth-order valence-corrected chi connectivity index (χ4v) is 3.27. The lowest BCUT2D eigenvalue weighted by molar-refractivity contribution is -0.117. The van der Waals surface area contributed by atoms with Crippen LogP contribution in [-0.2, 0) is 4.79 Å². The van der Waals surface area contributed by atoms with E-state index in [1.165, 1.54) is 31.7 Å². The van der Waals surface area contributed by atoms with Gasteiger partial charge in [0.25, 0.3) is 0 Å². The number of hydrogen-bond donors (Lipinski definition) is 1. The summed E-state index contributed by atoms with van der Waals surface area (Å²) in [5.41, 5.74) is 1.44. The minimum Gasteiger partial charge on any atom is -0.326 e. The maximum absolute atomic E-state index is 13.5. The summed E-state index contributed by atoms with van der Waals surface area (Å²) in [6, 6.07) is 3.07. The second kappa shape index (κ2) is 7.21. The van der Waals surface area contributed by atoms with E-state index in [2.05, 4.69) is 21.2 Å². The van der Waals surface area contributed by atoms with Crippen LogP contribution in [0, 0.1) is 18.7 Å². The van der Waals surface area contributed by atoms with E-state index in [-0.39, 0.29) is 11.7 Å². The number of anilines is 1. The summed E-state index contributed by atoms with van der Waals surface area (Å²) in [7, 11) is 0. The molecular formula is C16H21BrFNO. The van der Waals surface area contributed by atoms with Crippen LogP contribution < -0.4 is 5.32 Å². The van der Waals surface area contributed by atoms with E-state index in [1.807, 2.05) is 6.92 Å². The highest BCUT2D eigenvalue weighted by Crippen LogP contribution is 2.27. The number of carbonyl (C=O) groups excluding carboxylic acids is 1. The maximum Gasteiger partial charge on any atom is 0.224 e. The van der Waals surface area contributed by atoms with Crippen molar-refractivity contribution in [3.05, 3.63) is 28.0 Å². The molecule has 1 aromatic carbocycles. The third-order valence-electron chi connectivity index (χ3n) is 3.99. The summed E-state index contributed by atoms with van der Waals surface area (Å²) in [6.45, 7) is 1.87. The number of benzene rings is 1. The van der Waals surface area contributed by atoms with Gasteiger partial charge < -0.3 is 5.32 Å². The van der Waals surface area contributed by atoms with Crippen LogP contribution in [-0.4, -0.2) is 5.91 Å². The lowest BCUT2D eigenvalue weighted by Crippen LogP contribution is -2.17. The standard InChI is InChI=1S/C16H21BrFNO/c1-11-8-13(17)14(18)10-15(11)19-16(20)9-12-6-4-2-3-5-7-12/h8,10,12H,2-7,9H2,1H3,(H,19,20). The minimum atomic E-state index is -0.347. The molecule has 0 unspecified atom stereocenters. The molecule has 1 N–H and O–H groups in total. The first kappa shape index (κ1) is 15.5. The fraction of sp³-hybridized carbons (Fsp3) is 0.562. The number of aryl methyl sites for hydroxylation is 1. The molecule has 1 aliphatic carbocycles. The normalized spacial score (nSPS) is 16.8. The molecule has 2 rings (SSSR count). The van der Waals surface area contributed by atoms with E-state index < -0.39 is 0 Å². The molecule has 1 amide bonds. The molecule has 0 heterocycles. The van der Waals surface area contributed by atoms with Crippen LogP contribution in [0.3, 0.4) is 0 Å². The monoisotopic (exact) mass is 341 g/mol. The predicted octanol–water partition coefficient (Wildman–Crippen LogP) is 5.20. The Morgan fingerprint density at radius 3 is 2.60 bits per heavy atom. The van der Waals surface area contributed by atoms with Gasteiger partial charge in [-0.15, -0.1) is 0 Å². The molecule has 0 radical (unpaired) electrons. The van der Waals surface area contributed by atoms with Crippen molar-refractivity contribution < 1.29 is 9.18 Å². The fourth-order valence-electron chi connectivity index (χ4n) is 2.81. The van der Waals surface area contributed by atoms with Gasteiger partial charge in [0, 0.05) is 12.1 Å². The molecule has 2 nitrogen and oxygen atoms in total. The first-order chi connectivity index (χ1) is 9.56. The second-order valence-electron chi connectivity index (χ2n) is 5.69. The van der Waals surface area contributed by atoms with Crippen molar-refractivity contribution in [2.45, 2.75) is 51.9 Å². The number of rotatable bonds is 3. The summed E-state index contributed by atoms with van der Waals surface area (Å²) >= 11 is 3.15. The van der Waals surface area contributed by atoms with Crippen molar-refractivity contribution >= 4 is 27.5 Å². The van der Waals surface area contributed by atoms with Crippen molar-refractivity contribution in [1.29, 1.82) is 0 Å². The van der Waals surface area contributed by atoms with E-state index in [4.69, 9.17) is 0 Å². The zero-order valence-electron chi connectivity index (χ0n) is 11.8. The number of halogens is 2.